The maximum atomic E-state index is 16.1. The van der Waals surface area contributed by atoms with Gasteiger partial charge in [0, 0.05) is 5.56 Å². The molecule has 67 heavy (non-hydrogen) atoms. The summed E-state index contributed by atoms with van der Waals surface area (Å²) in [7, 11) is -5.26. The SMILES string of the molecule is CC[Si](CC)(CC)O[C@H]1C[C@H]2[Se]C[C@@]2(O)[C@H]2[C@@H]3OC(=O)O[C@]34C[C@H](OC(=O)[C@H](O[Si](C)(C)C(C)(C)C)[C@@H](NC(=O)c3ccccc3)c3ccccc3)C(C)=C([C@@H](OC(C)=O)C(=O)[C@]12C)C4(C)C. The molecule has 2 saturated heterocycles. The molecule has 366 valence electrons. The topological polar surface area (TPSA) is 173 Å². The molecule has 5 aliphatic rings. The molecule has 11 atom stereocenters. The van der Waals surface area contributed by atoms with Crippen LogP contribution in [0.1, 0.15) is 111 Å². The first kappa shape index (κ1) is 51.2. The fourth-order valence-corrected chi connectivity index (χ4v) is 18.6. The van der Waals surface area contributed by atoms with E-state index in [-0.39, 0.29) is 31.2 Å². The summed E-state index contributed by atoms with van der Waals surface area (Å²) in [5, 5.41) is 16.2. The zero-order valence-electron chi connectivity index (χ0n) is 41.5. The number of ketones is 1. The van der Waals surface area contributed by atoms with Crippen molar-refractivity contribution in [2.75, 3.05) is 0 Å². The number of aliphatic hydroxyl groups is 1. The first-order valence-electron chi connectivity index (χ1n) is 23.9. The monoisotopic (exact) mass is 1030 g/mol. The molecule has 2 aromatic carbocycles. The van der Waals surface area contributed by atoms with E-state index in [4.69, 9.17) is 27.8 Å². The van der Waals surface area contributed by atoms with Crippen molar-refractivity contribution in [2.45, 2.75) is 183 Å². The van der Waals surface area contributed by atoms with E-state index in [0.29, 0.717) is 34.0 Å². The quantitative estimate of drug-likeness (QED) is 0.0797. The van der Waals surface area contributed by atoms with E-state index in [0.717, 1.165) is 18.1 Å². The molecule has 0 radical (unpaired) electrons. The van der Waals surface area contributed by atoms with Crippen LogP contribution >= 0.6 is 0 Å². The molecule has 2 bridgehead atoms. The summed E-state index contributed by atoms with van der Waals surface area (Å²) >= 11 is 0.00998. The molecule has 0 unspecified atom stereocenters. The van der Waals surface area contributed by atoms with E-state index in [2.05, 4.69) is 46.9 Å². The van der Waals surface area contributed by atoms with Gasteiger partial charge in [0.15, 0.2) is 0 Å². The van der Waals surface area contributed by atoms with Crippen LogP contribution in [0.2, 0.25) is 46.4 Å². The molecule has 4 fully saturated rings. The molecule has 16 heteroatoms. The van der Waals surface area contributed by atoms with Gasteiger partial charge in [-0.25, -0.2) is 0 Å². The van der Waals surface area contributed by atoms with Crippen molar-refractivity contribution in [2.24, 2.45) is 16.7 Å². The van der Waals surface area contributed by atoms with Gasteiger partial charge in [0.1, 0.15) is 0 Å². The van der Waals surface area contributed by atoms with E-state index in [1.807, 2.05) is 63.3 Å². The van der Waals surface area contributed by atoms with Crippen LogP contribution in [0.4, 0.5) is 4.79 Å². The van der Waals surface area contributed by atoms with Crippen molar-refractivity contribution >= 4 is 61.4 Å². The van der Waals surface area contributed by atoms with Gasteiger partial charge in [-0.05, 0) is 30.3 Å². The van der Waals surface area contributed by atoms with E-state index in [1.165, 1.54) is 6.92 Å². The van der Waals surface area contributed by atoms with Gasteiger partial charge in [0.25, 0.3) is 5.91 Å². The van der Waals surface area contributed by atoms with Crippen molar-refractivity contribution < 1.29 is 56.9 Å². The maximum absolute atomic E-state index is 16.1. The number of nitrogens with one attached hydrogen (secondary N) is 1. The fraction of sp³-hybridized carbons (Fsp3) is 0.627. The first-order valence-corrected chi connectivity index (χ1v) is 31.5. The Morgan fingerprint density at radius 1 is 0.940 bits per heavy atom. The third-order valence-corrected chi connectivity index (χ3v) is 29.4. The zero-order valence-corrected chi connectivity index (χ0v) is 45.2. The van der Waals surface area contributed by atoms with Crippen molar-refractivity contribution in [1.29, 1.82) is 0 Å². The Kier molecular flexibility index (Phi) is 14.0. The predicted octanol–water partition coefficient (Wildman–Crippen LogP) is 9.07. The van der Waals surface area contributed by atoms with Crippen LogP contribution in [-0.2, 0) is 42.2 Å². The molecule has 2 N–H and O–H groups in total. The number of amides is 1. The number of hydrogen-bond donors (Lipinski definition) is 2. The summed E-state index contributed by atoms with van der Waals surface area (Å²) in [5.41, 5.74) is -4.11. The van der Waals surface area contributed by atoms with Crippen LogP contribution in [-0.4, -0.2) is 108 Å². The van der Waals surface area contributed by atoms with Crippen LogP contribution < -0.4 is 5.32 Å². The number of carbonyl (C=O) groups excluding carboxylic acids is 5. The van der Waals surface area contributed by atoms with Gasteiger partial charge in [-0.3, -0.25) is 4.79 Å². The molecule has 7 rings (SSSR count). The average molecular weight is 1030 g/mol. The van der Waals surface area contributed by atoms with Crippen LogP contribution in [0, 0.1) is 16.7 Å². The normalized spacial score (nSPS) is 32.1. The summed E-state index contributed by atoms with van der Waals surface area (Å²) in [5.74, 6) is -3.43. The van der Waals surface area contributed by atoms with Crippen molar-refractivity contribution in [3.63, 3.8) is 0 Å². The van der Waals surface area contributed by atoms with Gasteiger partial charge in [-0.1, -0.05) is 69.3 Å². The van der Waals surface area contributed by atoms with Crippen molar-refractivity contribution in [3.8, 4) is 0 Å². The number of carbonyl (C=O) groups is 5. The van der Waals surface area contributed by atoms with Gasteiger partial charge in [-0.15, -0.1) is 0 Å². The standard InChI is InChI=1S/C51H71NO12SeSi2/c1-14-67(15-2,16-3)63-35-27-36-50(58,29-65-36)41-43-51(62-46(57)61-43)28-34(30(4)37(48(51,9)10)39(59-31(5)53)42(54)49(35,41)11)60-45(56)40(64-66(12,13)47(6,7)8)38(32-23-19-17-20-24-32)52-44(55)33-25-21-18-22-26-33/h17-26,34-36,38-41,43,58H,14-16,27-29H2,1-13H3,(H,52,55)/t34-,35-,36+,38-,39+,40+,41-,43-,49+,50-,51+/m0/s1. The molecule has 13 nitrogen and oxygen atoms in total. The summed E-state index contributed by atoms with van der Waals surface area (Å²) in [4.78, 5) is 72.8. The number of rotatable bonds is 14. The van der Waals surface area contributed by atoms with Crippen LogP contribution in [0.5, 0.6) is 0 Å². The fourth-order valence-electron chi connectivity index (χ4n) is 11.6. The molecule has 2 saturated carbocycles. The third-order valence-electron chi connectivity index (χ3n) is 16.9. The molecule has 2 aromatic rings. The Bertz CT molecular complexity index is 2270. The average Bonchev–Trinajstić information content (AvgIpc) is 3.60. The molecule has 3 aliphatic carbocycles. The Balaban J connectivity index is 1.41. The number of Topliss-reactive ketones (excluding diaryl/α,β-unsaturated/α-hetero) is 1. The first-order chi connectivity index (χ1) is 31.3. The Morgan fingerprint density at radius 3 is 2.07 bits per heavy atom. The second-order valence-corrected chi connectivity index (χ2v) is 33.6. The number of hydrogen-bond acceptors (Lipinski definition) is 12. The molecule has 2 heterocycles. The minimum absolute atomic E-state index is 0.00998. The summed E-state index contributed by atoms with van der Waals surface area (Å²) in [6.07, 6.45) is -6.62. The minimum atomic E-state index is -2.84. The summed E-state index contributed by atoms with van der Waals surface area (Å²) in [6, 6.07) is 19.3. The molecule has 1 spiro atoms. The number of fused-ring (bicyclic) bond motifs is 5. The molecule has 2 aliphatic heterocycles. The van der Waals surface area contributed by atoms with Gasteiger partial charge < -0.3 is 0 Å². The van der Waals surface area contributed by atoms with Crippen LogP contribution in [0.15, 0.2) is 71.8 Å². The number of ether oxygens (including phenoxy) is 4. The Morgan fingerprint density at radius 2 is 1.54 bits per heavy atom. The predicted molar refractivity (Wildman–Crippen MR) is 258 cm³/mol. The number of benzene rings is 2. The summed E-state index contributed by atoms with van der Waals surface area (Å²) in [6.45, 7) is 25.1. The second-order valence-electron chi connectivity index (χ2n) is 21.6. The number of esters is 2. The van der Waals surface area contributed by atoms with Crippen molar-refractivity contribution in [3.05, 3.63) is 82.9 Å². The molecular formula is C51H71NO12SeSi2. The van der Waals surface area contributed by atoms with Gasteiger partial charge in [0.05, 0.1) is 0 Å². The third kappa shape index (κ3) is 8.51. The van der Waals surface area contributed by atoms with E-state index in [1.54, 1.807) is 38.1 Å². The zero-order chi connectivity index (χ0) is 49.3. The van der Waals surface area contributed by atoms with E-state index >= 15 is 9.59 Å². The van der Waals surface area contributed by atoms with E-state index in [9.17, 15) is 19.5 Å². The van der Waals surface area contributed by atoms with Crippen molar-refractivity contribution in [1.82, 2.24) is 5.32 Å². The Hall–Kier alpha value is -3.64. The summed E-state index contributed by atoms with van der Waals surface area (Å²) < 4.78 is 40.2. The second kappa shape index (κ2) is 18.3. The Labute approximate surface area is 404 Å². The van der Waals surface area contributed by atoms with E-state index < -0.39 is 111 Å². The van der Waals surface area contributed by atoms with Gasteiger partial charge >= 0.3 is 291 Å². The van der Waals surface area contributed by atoms with Gasteiger partial charge in [-0.2, -0.15) is 0 Å². The van der Waals surface area contributed by atoms with Crippen LogP contribution in [0.3, 0.4) is 0 Å². The molecule has 0 aromatic heterocycles. The van der Waals surface area contributed by atoms with Crippen LogP contribution in [0.25, 0.3) is 0 Å². The molecular weight excluding hydrogens is 954 g/mol. The molecule has 1 amide bonds. The van der Waals surface area contributed by atoms with Gasteiger partial charge in [0.2, 0.25) is 0 Å².